The van der Waals surface area contributed by atoms with Gasteiger partial charge in [-0.1, -0.05) is 17.4 Å². The van der Waals surface area contributed by atoms with Gasteiger partial charge in [0.25, 0.3) is 0 Å². The first kappa shape index (κ1) is 9.24. The Kier molecular flexibility index (Phi) is 2.45. The quantitative estimate of drug-likeness (QED) is 0.574. The van der Waals surface area contributed by atoms with Crippen molar-refractivity contribution in [1.29, 1.82) is 0 Å². The molecule has 68 valence electrons. The van der Waals surface area contributed by atoms with Gasteiger partial charge < -0.3 is 5.11 Å². The van der Waals surface area contributed by atoms with E-state index in [0.29, 0.717) is 9.96 Å². The van der Waals surface area contributed by atoms with Crippen LogP contribution in [-0.2, 0) is 0 Å². The molecule has 1 aromatic carbocycles. The van der Waals surface area contributed by atoms with E-state index >= 15 is 0 Å². The van der Waals surface area contributed by atoms with E-state index in [-0.39, 0.29) is 0 Å². The molecule has 0 amide bonds. The molecule has 13 heavy (non-hydrogen) atoms. The molecule has 1 heterocycles. The lowest BCUT2D eigenvalue weighted by atomic mass is 10.3. The van der Waals surface area contributed by atoms with Gasteiger partial charge in [0.05, 0.1) is 4.90 Å². The molecule has 2 aromatic rings. The summed E-state index contributed by atoms with van der Waals surface area (Å²) in [5.41, 5.74) is 0. The molecule has 0 aliphatic rings. The van der Waals surface area contributed by atoms with Crippen LogP contribution in [0.4, 0.5) is 0 Å². The second-order valence-corrected chi connectivity index (χ2v) is 4.92. The van der Waals surface area contributed by atoms with Crippen molar-refractivity contribution in [1.82, 2.24) is 0 Å². The molecule has 2 rings (SSSR count). The van der Waals surface area contributed by atoms with Gasteiger partial charge in [0, 0.05) is 15.0 Å². The molecule has 0 aliphatic heterocycles. The lowest BCUT2D eigenvalue weighted by Gasteiger charge is -1.98. The molecule has 0 atom stereocenters. The maximum atomic E-state index is 9.50. The van der Waals surface area contributed by atoms with Crippen molar-refractivity contribution in [3.8, 4) is 5.06 Å². The van der Waals surface area contributed by atoms with Gasteiger partial charge in [0.15, 0.2) is 5.06 Å². The number of benzene rings is 1. The Morgan fingerprint density at radius 1 is 1.46 bits per heavy atom. The molecule has 1 nitrogen and oxygen atoms in total. The van der Waals surface area contributed by atoms with Gasteiger partial charge in [-0.25, -0.2) is 0 Å². The SMILES string of the molecule is CSc1cccc2sc(O)c(S)c12. The van der Waals surface area contributed by atoms with Crippen molar-refractivity contribution in [2.24, 2.45) is 0 Å². The number of hydrogen-bond acceptors (Lipinski definition) is 4. The number of hydrogen-bond donors (Lipinski definition) is 2. The Hall–Kier alpha value is -0.320. The molecule has 0 spiro atoms. The molecular formula is C9H8OS3. The summed E-state index contributed by atoms with van der Waals surface area (Å²) < 4.78 is 1.09. The highest BCUT2D eigenvalue weighted by molar-refractivity contribution is 7.98. The third-order valence-electron chi connectivity index (χ3n) is 1.85. The van der Waals surface area contributed by atoms with Crippen molar-refractivity contribution < 1.29 is 5.11 Å². The molecule has 1 aromatic heterocycles. The summed E-state index contributed by atoms with van der Waals surface area (Å²) >= 11 is 7.33. The summed E-state index contributed by atoms with van der Waals surface area (Å²) in [4.78, 5) is 1.86. The summed E-state index contributed by atoms with van der Waals surface area (Å²) in [5.74, 6) is 0. The van der Waals surface area contributed by atoms with Crippen molar-refractivity contribution in [3.63, 3.8) is 0 Å². The van der Waals surface area contributed by atoms with E-state index < -0.39 is 0 Å². The topological polar surface area (TPSA) is 20.2 Å². The van der Waals surface area contributed by atoms with E-state index in [1.807, 2.05) is 24.5 Å². The Labute approximate surface area is 90.2 Å². The van der Waals surface area contributed by atoms with Crippen LogP contribution < -0.4 is 0 Å². The normalized spacial score (nSPS) is 10.9. The maximum Gasteiger partial charge on any atom is 0.186 e. The molecule has 0 saturated carbocycles. The van der Waals surface area contributed by atoms with Crippen LogP contribution >= 0.6 is 35.7 Å². The second-order valence-electron chi connectivity index (χ2n) is 2.59. The fourth-order valence-corrected chi connectivity index (χ4v) is 3.35. The first-order chi connectivity index (χ1) is 6.24. The van der Waals surface area contributed by atoms with Crippen molar-refractivity contribution in [3.05, 3.63) is 18.2 Å². The Balaban J connectivity index is 2.87. The van der Waals surface area contributed by atoms with E-state index in [4.69, 9.17) is 0 Å². The molecule has 4 heteroatoms. The lowest BCUT2D eigenvalue weighted by Crippen LogP contribution is -1.71. The predicted octanol–water partition coefficient (Wildman–Crippen LogP) is 3.62. The number of thiophene rings is 1. The minimum Gasteiger partial charge on any atom is -0.499 e. The molecule has 0 fully saturated rings. The average molecular weight is 228 g/mol. The molecule has 0 radical (unpaired) electrons. The van der Waals surface area contributed by atoms with Crippen LogP contribution in [0.1, 0.15) is 0 Å². The second kappa shape index (κ2) is 3.44. The standard InChI is InChI=1S/C9H8OS3/c1-12-5-3-2-4-6-7(5)8(11)9(10)13-6/h2-4,10-11H,1H3. The number of thiol groups is 1. The molecule has 0 bridgehead atoms. The van der Waals surface area contributed by atoms with Gasteiger partial charge in [0.2, 0.25) is 0 Å². The van der Waals surface area contributed by atoms with Crippen molar-refractivity contribution >= 4 is 45.8 Å². The molecule has 0 aliphatic carbocycles. The zero-order chi connectivity index (χ0) is 9.42. The zero-order valence-electron chi connectivity index (χ0n) is 6.94. The van der Waals surface area contributed by atoms with Crippen LogP contribution in [0.5, 0.6) is 5.06 Å². The summed E-state index contributed by atoms with van der Waals surface area (Å²) in [6.07, 6.45) is 2.02. The Morgan fingerprint density at radius 3 is 2.92 bits per heavy atom. The predicted molar refractivity (Wildman–Crippen MR) is 62.5 cm³/mol. The fourth-order valence-electron chi connectivity index (χ4n) is 1.26. The number of fused-ring (bicyclic) bond motifs is 1. The highest BCUT2D eigenvalue weighted by Crippen LogP contribution is 2.42. The van der Waals surface area contributed by atoms with Crippen molar-refractivity contribution in [2.45, 2.75) is 9.79 Å². The summed E-state index contributed by atoms with van der Waals surface area (Å²) in [6.45, 7) is 0. The third kappa shape index (κ3) is 1.43. The van der Waals surface area contributed by atoms with E-state index in [2.05, 4.69) is 12.6 Å². The molecule has 0 saturated heterocycles. The monoisotopic (exact) mass is 228 g/mol. The van der Waals surface area contributed by atoms with Gasteiger partial charge in [-0.3, -0.25) is 0 Å². The molecular weight excluding hydrogens is 220 g/mol. The van der Waals surface area contributed by atoms with Gasteiger partial charge in [0.1, 0.15) is 0 Å². The van der Waals surface area contributed by atoms with Gasteiger partial charge in [-0.2, -0.15) is 0 Å². The average Bonchev–Trinajstić information content (AvgIpc) is 2.43. The van der Waals surface area contributed by atoms with Crippen molar-refractivity contribution in [2.75, 3.05) is 6.26 Å². The highest BCUT2D eigenvalue weighted by Gasteiger charge is 2.10. The summed E-state index contributed by atoms with van der Waals surface area (Å²) in [7, 11) is 0. The first-order valence-corrected chi connectivity index (χ1v) is 6.20. The number of rotatable bonds is 1. The van der Waals surface area contributed by atoms with E-state index in [1.54, 1.807) is 11.8 Å². The summed E-state index contributed by atoms with van der Waals surface area (Å²) in [6, 6.07) is 6.04. The maximum absolute atomic E-state index is 9.50. The van der Waals surface area contributed by atoms with Crippen LogP contribution in [0, 0.1) is 0 Å². The van der Waals surface area contributed by atoms with E-state index in [0.717, 1.165) is 10.1 Å². The van der Waals surface area contributed by atoms with Crippen LogP contribution in [0.25, 0.3) is 10.1 Å². The van der Waals surface area contributed by atoms with Crippen LogP contribution in [-0.4, -0.2) is 11.4 Å². The van der Waals surface area contributed by atoms with Crippen LogP contribution in [0.2, 0.25) is 0 Å². The minimum absolute atomic E-state index is 0.305. The van der Waals surface area contributed by atoms with E-state index in [9.17, 15) is 5.11 Å². The third-order valence-corrected chi connectivity index (χ3v) is 4.18. The Morgan fingerprint density at radius 2 is 2.23 bits per heavy atom. The van der Waals surface area contributed by atoms with E-state index in [1.165, 1.54) is 16.2 Å². The molecule has 0 unspecified atom stereocenters. The molecule has 1 N–H and O–H groups in total. The minimum atomic E-state index is 0.305. The smallest absolute Gasteiger partial charge is 0.186 e. The van der Waals surface area contributed by atoms with Gasteiger partial charge in [-0.05, 0) is 18.4 Å². The lowest BCUT2D eigenvalue weighted by molar-refractivity contribution is 0.480. The largest absolute Gasteiger partial charge is 0.499 e. The number of aromatic hydroxyl groups is 1. The first-order valence-electron chi connectivity index (χ1n) is 3.71. The number of thioether (sulfide) groups is 1. The van der Waals surface area contributed by atoms with Crippen LogP contribution in [0.15, 0.2) is 28.0 Å². The Bertz CT molecular complexity index is 447. The van der Waals surface area contributed by atoms with Crippen LogP contribution in [0.3, 0.4) is 0 Å². The summed E-state index contributed by atoms with van der Waals surface area (Å²) in [5, 5.41) is 10.9. The fraction of sp³-hybridized carbons (Fsp3) is 0.111. The highest BCUT2D eigenvalue weighted by atomic mass is 32.2. The van der Waals surface area contributed by atoms with Gasteiger partial charge in [-0.15, -0.1) is 24.4 Å². The zero-order valence-corrected chi connectivity index (χ0v) is 9.47. The van der Waals surface area contributed by atoms with Gasteiger partial charge >= 0.3 is 0 Å².